The minimum atomic E-state index is 0.0865. The Hall–Kier alpha value is -2.94. The Balaban J connectivity index is 1.15. The number of hydrogen-bond donors (Lipinski definition) is 1. The van der Waals surface area contributed by atoms with E-state index < -0.39 is 0 Å². The fourth-order valence-electron chi connectivity index (χ4n) is 5.23. The molecule has 0 unspecified atom stereocenters. The molecule has 2 saturated heterocycles. The average Bonchev–Trinajstić information content (AvgIpc) is 3.28. The number of nitrogens with zero attached hydrogens (tertiary/aromatic N) is 4. The highest BCUT2D eigenvalue weighted by molar-refractivity contribution is 5.93. The lowest BCUT2D eigenvalue weighted by molar-refractivity contribution is -0.125. The predicted octanol–water partition coefficient (Wildman–Crippen LogP) is 2.89. The van der Waals surface area contributed by atoms with Crippen LogP contribution in [0.25, 0.3) is 16.9 Å². The third-order valence-electron chi connectivity index (χ3n) is 7.34. The predicted molar refractivity (Wildman–Crippen MR) is 131 cm³/mol. The second kappa shape index (κ2) is 9.37. The summed E-state index contributed by atoms with van der Waals surface area (Å²) in [6.45, 7) is 6.86. The smallest absolute Gasteiger partial charge is 0.227 e. The first-order valence-corrected chi connectivity index (χ1v) is 12.3. The molecule has 2 aliphatic heterocycles. The van der Waals surface area contributed by atoms with Crippen molar-refractivity contribution in [1.82, 2.24) is 14.3 Å². The minimum Gasteiger partial charge on any atom is -0.379 e. The summed E-state index contributed by atoms with van der Waals surface area (Å²) in [5.74, 6) is 0.206. The van der Waals surface area contributed by atoms with Crippen molar-refractivity contribution in [1.29, 1.82) is 0 Å². The van der Waals surface area contributed by atoms with Crippen molar-refractivity contribution in [2.75, 3.05) is 62.8 Å². The van der Waals surface area contributed by atoms with Crippen molar-refractivity contribution in [3.8, 4) is 11.3 Å². The number of carbonyl (C=O) groups excluding carboxylic acids is 1. The number of pyridine rings is 1. The van der Waals surface area contributed by atoms with Gasteiger partial charge in [-0.2, -0.15) is 0 Å². The van der Waals surface area contributed by atoms with Gasteiger partial charge in [0.05, 0.1) is 44.0 Å². The van der Waals surface area contributed by atoms with E-state index in [9.17, 15) is 4.79 Å². The number of hydrogen-bond acceptors (Lipinski definition) is 6. The van der Waals surface area contributed by atoms with Crippen molar-refractivity contribution >= 4 is 22.9 Å². The van der Waals surface area contributed by atoms with E-state index in [1.807, 2.05) is 24.4 Å². The summed E-state index contributed by atoms with van der Waals surface area (Å²) in [5.41, 5.74) is 4.95. The Morgan fingerprint density at radius 2 is 1.74 bits per heavy atom. The number of carbonyl (C=O) groups is 1. The Morgan fingerprint density at radius 1 is 0.971 bits per heavy atom. The molecule has 2 aromatic heterocycles. The fourth-order valence-corrected chi connectivity index (χ4v) is 5.23. The lowest BCUT2D eigenvalue weighted by Gasteiger charge is -2.43. The lowest BCUT2D eigenvalue weighted by Crippen LogP contribution is -2.51. The molecule has 0 radical (unpaired) electrons. The second-order valence-electron chi connectivity index (χ2n) is 9.40. The van der Waals surface area contributed by atoms with Crippen LogP contribution in [0.3, 0.4) is 0 Å². The van der Waals surface area contributed by atoms with Gasteiger partial charge in [0.15, 0.2) is 0 Å². The highest BCUT2D eigenvalue weighted by atomic mass is 16.5. The molecule has 1 saturated carbocycles. The quantitative estimate of drug-likeness (QED) is 0.630. The van der Waals surface area contributed by atoms with Gasteiger partial charge in [0.2, 0.25) is 5.91 Å². The Bertz CT molecular complexity index is 1160. The maximum absolute atomic E-state index is 12.9. The van der Waals surface area contributed by atoms with Crippen LogP contribution in [0.5, 0.6) is 0 Å². The molecular weight excluding hydrogens is 430 g/mol. The molecule has 3 aliphatic rings. The maximum atomic E-state index is 12.9. The average molecular weight is 462 g/mol. The van der Waals surface area contributed by atoms with Gasteiger partial charge in [-0.25, -0.2) is 4.98 Å². The third-order valence-corrected chi connectivity index (χ3v) is 7.34. The van der Waals surface area contributed by atoms with Crippen molar-refractivity contribution in [2.45, 2.75) is 18.9 Å². The molecule has 178 valence electrons. The van der Waals surface area contributed by atoms with Crippen molar-refractivity contribution in [3.63, 3.8) is 0 Å². The number of morpholine rings is 2. The standard InChI is InChI=1S/C26H31N5O3/c32-26(20-15-23(16-20)30-8-12-34-13-9-30)28-21-3-1-2-19(14-21)24-17-27-25-5-4-22(18-31(24)25)29-6-10-33-11-7-29/h1-5,14,17-18,20,23H,6-13,15-16H2,(H,28,32). The summed E-state index contributed by atoms with van der Waals surface area (Å²) < 4.78 is 13.1. The zero-order chi connectivity index (χ0) is 22.9. The molecule has 0 spiro atoms. The maximum Gasteiger partial charge on any atom is 0.227 e. The summed E-state index contributed by atoms with van der Waals surface area (Å²) in [7, 11) is 0. The van der Waals surface area contributed by atoms with Crippen LogP contribution in [0.4, 0.5) is 11.4 Å². The van der Waals surface area contributed by atoms with Gasteiger partial charge in [0.1, 0.15) is 5.65 Å². The third kappa shape index (κ3) is 4.29. The van der Waals surface area contributed by atoms with Crippen LogP contribution in [0.2, 0.25) is 0 Å². The number of imidazole rings is 1. The first-order valence-electron chi connectivity index (χ1n) is 12.3. The van der Waals surface area contributed by atoms with Gasteiger partial charge >= 0.3 is 0 Å². The number of fused-ring (bicyclic) bond motifs is 1. The number of aromatic nitrogens is 2. The molecule has 34 heavy (non-hydrogen) atoms. The zero-order valence-corrected chi connectivity index (χ0v) is 19.4. The normalized spacial score (nSPS) is 23.6. The molecular formula is C26H31N5O3. The van der Waals surface area contributed by atoms with E-state index in [1.54, 1.807) is 0 Å². The van der Waals surface area contributed by atoms with Crippen LogP contribution in [0.1, 0.15) is 12.8 Å². The molecule has 4 heterocycles. The van der Waals surface area contributed by atoms with Gasteiger partial charge < -0.3 is 19.7 Å². The fraction of sp³-hybridized carbons (Fsp3) is 0.462. The summed E-state index contributed by atoms with van der Waals surface area (Å²) in [6.07, 6.45) is 5.92. The minimum absolute atomic E-state index is 0.0865. The van der Waals surface area contributed by atoms with Crippen molar-refractivity contribution < 1.29 is 14.3 Å². The van der Waals surface area contributed by atoms with Crippen LogP contribution in [-0.4, -0.2) is 78.8 Å². The van der Waals surface area contributed by atoms with Crippen LogP contribution in [0, 0.1) is 5.92 Å². The van der Waals surface area contributed by atoms with Gasteiger partial charge in [-0.05, 0) is 37.1 Å². The van der Waals surface area contributed by atoms with E-state index in [-0.39, 0.29) is 11.8 Å². The van der Waals surface area contributed by atoms with Crippen LogP contribution < -0.4 is 10.2 Å². The van der Waals surface area contributed by atoms with Crippen LogP contribution in [0.15, 0.2) is 48.8 Å². The van der Waals surface area contributed by atoms with Crippen LogP contribution >= 0.6 is 0 Å². The first kappa shape index (κ1) is 21.6. The van der Waals surface area contributed by atoms with E-state index in [4.69, 9.17) is 9.47 Å². The largest absolute Gasteiger partial charge is 0.379 e. The van der Waals surface area contributed by atoms with Gasteiger partial charge in [0.25, 0.3) is 0 Å². The number of amides is 1. The summed E-state index contributed by atoms with van der Waals surface area (Å²) in [4.78, 5) is 22.3. The van der Waals surface area contributed by atoms with Crippen molar-refractivity contribution in [2.24, 2.45) is 5.92 Å². The Kier molecular flexibility index (Phi) is 5.95. The van der Waals surface area contributed by atoms with Gasteiger partial charge in [-0.15, -0.1) is 0 Å². The molecule has 3 fully saturated rings. The topological polar surface area (TPSA) is 71.3 Å². The van der Waals surface area contributed by atoms with Crippen LogP contribution in [-0.2, 0) is 14.3 Å². The molecule has 3 aromatic rings. The summed E-state index contributed by atoms with van der Waals surface area (Å²) in [6, 6.07) is 12.8. The van der Waals surface area contributed by atoms with E-state index in [2.05, 4.69) is 48.9 Å². The summed E-state index contributed by atoms with van der Waals surface area (Å²) >= 11 is 0. The molecule has 1 N–H and O–H groups in total. The number of ether oxygens (including phenoxy) is 2. The van der Waals surface area contributed by atoms with E-state index in [1.165, 1.54) is 5.69 Å². The van der Waals surface area contributed by atoms with E-state index in [0.717, 1.165) is 88.0 Å². The number of anilines is 2. The molecule has 1 aliphatic carbocycles. The highest BCUT2D eigenvalue weighted by Crippen LogP contribution is 2.34. The van der Waals surface area contributed by atoms with Crippen molar-refractivity contribution in [3.05, 3.63) is 48.8 Å². The zero-order valence-electron chi connectivity index (χ0n) is 19.4. The lowest BCUT2D eigenvalue weighted by atomic mass is 9.78. The number of nitrogens with one attached hydrogen (secondary N) is 1. The molecule has 0 bridgehead atoms. The molecule has 1 amide bonds. The molecule has 0 atom stereocenters. The Labute approximate surface area is 199 Å². The first-order chi connectivity index (χ1) is 16.7. The monoisotopic (exact) mass is 461 g/mol. The molecule has 6 rings (SSSR count). The summed E-state index contributed by atoms with van der Waals surface area (Å²) in [5, 5.41) is 3.15. The molecule has 8 nitrogen and oxygen atoms in total. The van der Waals surface area contributed by atoms with Gasteiger partial charge in [0, 0.05) is 55.6 Å². The number of benzene rings is 1. The van der Waals surface area contributed by atoms with Gasteiger partial charge in [-0.3, -0.25) is 14.1 Å². The molecule has 8 heteroatoms. The second-order valence-corrected chi connectivity index (χ2v) is 9.40. The van der Waals surface area contributed by atoms with E-state index >= 15 is 0 Å². The SMILES string of the molecule is O=C(Nc1cccc(-c2cnc3ccc(N4CCOCC4)cn23)c1)C1CC(N2CCOCC2)C1. The molecule has 1 aromatic carbocycles. The Morgan fingerprint density at radius 3 is 2.53 bits per heavy atom. The van der Waals surface area contributed by atoms with Gasteiger partial charge in [-0.1, -0.05) is 12.1 Å². The number of rotatable bonds is 5. The van der Waals surface area contributed by atoms with E-state index in [0.29, 0.717) is 6.04 Å². The highest BCUT2D eigenvalue weighted by Gasteiger charge is 2.38.